The van der Waals surface area contributed by atoms with Crippen molar-refractivity contribution in [2.45, 2.75) is 20.3 Å². The van der Waals surface area contributed by atoms with Gasteiger partial charge in [0.2, 0.25) is 0 Å². The molecule has 0 unspecified atom stereocenters. The lowest BCUT2D eigenvalue weighted by Crippen LogP contribution is -2.14. The number of aromatic amines is 1. The minimum absolute atomic E-state index is 0.624. The number of H-pyrrole nitrogens is 1. The van der Waals surface area contributed by atoms with Crippen molar-refractivity contribution in [3.8, 4) is 124 Å². The Morgan fingerprint density at radius 2 is 0.672 bits per heavy atom. The predicted molar refractivity (Wildman–Crippen MR) is 495 cm³/mol. The van der Waals surface area contributed by atoms with Crippen molar-refractivity contribution in [3.63, 3.8) is 0 Å². The molecule has 6 heterocycles. The summed E-state index contributed by atoms with van der Waals surface area (Å²) in [6.07, 6.45) is 3.12. The fraction of sp³-hybridized carbons (Fsp3) is 0.0370. The number of hydrogen-bond acceptors (Lipinski definition) is 7. The highest BCUT2D eigenvalue weighted by Crippen LogP contribution is 2.45. The van der Waals surface area contributed by atoms with Gasteiger partial charge in [0.05, 0.1) is 22.1 Å². The first-order chi connectivity index (χ1) is 58.7. The van der Waals surface area contributed by atoms with Gasteiger partial charge in [-0.1, -0.05) is 319 Å². The van der Waals surface area contributed by atoms with Gasteiger partial charge in [-0.05, 0) is 167 Å². The molecule has 16 aromatic carbocycles. The molecule has 0 saturated carbocycles. The Morgan fingerprint density at radius 3 is 1.17 bits per heavy atom. The van der Waals surface area contributed by atoms with E-state index in [1.54, 1.807) is 0 Å². The smallest absolute Gasteiger partial charge is 0.164 e. The van der Waals surface area contributed by atoms with E-state index in [4.69, 9.17) is 29.9 Å². The molecule has 1 aliphatic heterocycles. The number of nitrogens with zero attached hydrogens (tertiary/aromatic N) is 9. The Morgan fingerprint density at radius 1 is 0.277 bits per heavy atom. The monoisotopic (exact) mass is 1590 g/mol. The minimum atomic E-state index is 0.624. The molecule has 0 saturated heterocycles. The van der Waals surface area contributed by atoms with Crippen LogP contribution in [0.1, 0.15) is 16.7 Å². The second-order valence-electron chi connectivity index (χ2n) is 30.0. The van der Waals surface area contributed by atoms with Crippen LogP contribution < -0.4 is 4.90 Å². The van der Waals surface area contributed by atoms with Crippen molar-refractivity contribution >= 4 is 81.8 Å². The normalized spacial score (nSPS) is 11.7. The van der Waals surface area contributed by atoms with Crippen molar-refractivity contribution in [1.29, 1.82) is 0 Å². The highest BCUT2D eigenvalue weighted by atomic mass is 79.9. The lowest BCUT2D eigenvalue weighted by molar-refractivity contribution is 0.992. The van der Waals surface area contributed by atoms with Crippen molar-refractivity contribution < 1.29 is 0 Å². The molecule has 566 valence electrons. The van der Waals surface area contributed by atoms with E-state index >= 15 is 0 Å². The van der Waals surface area contributed by atoms with Crippen LogP contribution in [0.15, 0.2) is 405 Å². The van der Waals surface area contributed by atoms with E-state index < -0.39 is 0 Å². The second kappa shape index (κ2) is 32.0. The third-order valence-corrected chi connectivity index (χ3v) is 23.0. The van der Waals surface area contributed by atoms with Crippen LogP contribution in [-0.2, 0) is 6.42 Å². The third-order valence-electron chi connectivity index (χ3n) is 22.6. The van der Waals surface area contributed by atoms with Gasteiger partial charge >= 0.3 is 0 Å². The van der Waals surface area contributed by atoms with E-state index in [2.05, 4.69) is 377 Å². The first kappa shape index (κ1) is 72.9. The molecule has 119 heavy (non-hydrogen) atoms. The number of fused-ring (bicyclic) bond motifs is 10. The standard InChI is InChI=1S/C54H39N5.C33H22BrN3.C21H16N2/c1-36-15-8-10-27-48(36)58-32-31-47-49(58)30-29-46-45-26-9-11-28-50(45)59(51(46)47)44-25-14-24-43(35-44)54-56-52(41-22-12-20-39(33-41)37-16-4-2-5-17-37)55-53(57-54)42-23-13-21-40(34-42)38-18-6-3-7-19-38;34-30-19-9-18-29(22-30)33-36-31(27-16-7-14-25(20-27)23-10-3-1-4-11-23)35-32(37-33)28-17-8-15-26(21-28)24-12-5-2-6-13-24;1-14-6-2-5-9-19(14)23-13-12-17-20(23)11-10-16-15-7-3-4-8-18(15)22-21(16)17/h2-30,33-35H,31-32H2,1H3;1-22H;2-13,22H,1H3. The molecule has 0 fully saturated rings. The van der Waals surface area contributed by atoms with Gasteiger partial charge in [0.15, 0.2) is 34.9 Å². The molecule has 22 rings (SSSR count). The molecule has 0 bridgehead atoms. The summed E-state index contributed by atoms with van der Waals surface area (Å²) in [4.78, 5) is 36.5. The maximum atomic E-state index is 5.23. The number of para-hydroxylation sites is 4. The summed E-state index contributed by atoms with van der Waals surface area (Å²) < 4.78 is 5.70. The van der Waals surface area contributed by atoms with Crippen molar-refractivity contribution in [2.24, 2.45) is 0 Å². The van der Waals surface area contributed by atoms with E-state index in [0.29, 0.717) is 34.9 Å². The van der Waals surface area contributed by atoms with Gasteiger partial charge < -0.3 is 19.0 Å². The molecule has 21 aromatic rings. The van der Waals surface area contributed by atoms with E-state index in [1.165, 1.54) is 88.3 Å². The van der Waals surface area contributed by atoms with Gasteiger partial charge in [-0.25, -0.2) is 29.9 Å². The summed E-state index contributed by atoms with van der Waals surface area (Å²) in [6.45, 7) is 5.29. The summed E-state index contributed by atoms with van der Waals surface area (Å²) in [5, 5.41) is 6.34. The van der Waals surface area contributed by atoms with E-state index in [-0.39, 0.29) is 0 Å². The highest BCUT2D eigenvalue weighted by Gasteiger charge is 2.28. The SMILES string of the molecule is Brc1cccc(-c2nc(-c3cccc(-c4ccccc4)c3)nc(-c3cccc(-c4ccccc4)c3)n2)c1.Cc1ccccc1-n1ccc2c3[nH]c4ccccc4c3ccc21.Cc1ccccc1N1CCc2c1ccc1c3ccccc3n(-c3cccc(-c4nc(-c5cccc(-c6ccccc6)c5)nc(-c5cccc(-c6ccccc6)c5)n4)c3)c21. The first-order valence-corrected chi connectivity index (χ1v) is 41.0. The largest absolute Gasteiger partial charge is 0.354 e. The van der Waals surface area contributed by atoms with Crippen LogP contribution in [-0.4, -0.2) is 50.6 Å². The van der Waals surface area contributed by atoms with E-state index in [0.717, 1.165) is 101 Å². The zero-order chi connectivity index (χ0) is 79.7. The molecular weight excluding hydrogens is 1520 g/mol. The Kier molecular flexibility index (Phi) is 19.6. The average Bonchev–Trinajstić information content (AvgIpc) is 1.57. The lowest BCUT2D eigenvalue weighted by Gasteiger charge is -2.22. The molecule has 1 N–H and O–H groups in total. The molecular formula is C108H77BrN10. The molecule has 0 spiro atoms. The summed E-state index contributed by atoms with van der Waals surface area (Å²) in [6, 6.07) is 138. The molecule has 5 aromatic heterocycles. The zero-order valence-electron chi connectivity index (χ0n) is 65.4. The zero-order valence-corrected chi connectivity index (χ0v) is 67.0. The number of benzene rings is 16. The highest BCUT2D eigenvalue weighted by molar-refractivity contribution is 9.10. The van der Waals surface area contributed by atoms with E-state index in [1.807, 2.05) is 72.8 Å². The quantitative estimate of drug-likeness (QED) is 0.123. The molecule has 0 aliphatic carbocycles. The minimum Gasteiger partial charge on any atom is -0.354 e. The van der Waals surface area contributed by atoms with Crippen LogP contribution >= 0.6 is 15.9 Å². The van der Waals surface area contributed by atoms with Crippen LogP contribution in [0.4, 0.5) is 11.4 Å². The Hall–Kier alpha value is -15.0. The Balaban J connectivity index is 0.000000128. The number of aromatic nitrogens is 9. The third kappa shape index (κ3) is 14.5. The van der Waals surface area contributed by atoms with Gasteiger partial charge in [-0.3, -0.25) is 0 Å². The topological polar surface area (TPSA) is 106 Å². The fourth-order valence-corrected chi connectivity index (χ4v) is 17.1. The van der Waals surface area contributed by atoms with Crippen molar-refractivity contribution in [1.82, 2.24) is 44.0 Å². The van der Waals surface area contributed by atoms with Gasteiger partial charge in [-0.15, -0.1) is 0 Å². The molecule has 11 heteroatoms. The molecule has 0 radical (unpaired) electrons. The maximum absolute atomic E-state index is 5.23. The van der Waals surface area contributed by atoms with E-state index in [9.17, 15) is 0 Å². The van der Waals surface area contributed by atoms with Crippen LogP contribution in [0.3, 0.4) is 0 Å². The average molecular weight is 1590 g/mol. The molecule has 0 amide bonds. The molecule has 10 nitrogen and oxygen atoms in total. The summed E-state index contributed by atoms with van der Waals surface area (Å²) in [7, 11) is 0. The molecule has 0 atom stereocenters. The number of halogens is 1. The lowest BCUT2D eigenvalue weighted by atomic mass is 10.0. The predicted octanol–water partition coefficient (Wildman–Crippen LogP) is 27.8. The number of aryl methyl sites for hydroxylation is 2. The van der Waals surface area contributed by atoms with Crippen LogP contribution in [0.2, 0.25) is 0 Å². The number of rotatable bonds is 13. The summed E-state index contributed by atoms with van der Waals surface area (Å²) in [5.41, 5.74) is 29.5. The number of hydrogen-bond donors (Lipinski definition) is 1. The van der Waals surface area contributed by atoms with Crippen LogP contribution in [0, 0.1) is 13.8 Å². The van der Waals surface area contributed by atoms with Crippen molar-refractivity contribution in [3.05, 3.63) is 422 Å². The van der Waals surface area contributed by atoms with Gasteiger partial charge in [0.25, 0.3) is 0 Å². The van der Waals surface area contributed by atoms with Gasteiger partial charge in [0, 0.05) is 111 Å². The second-order valence-corrected chi connectivity index (χ2v) is 30.9. The first-order valence-electron chi connectivity index (χ1n) is 40.2. The number of nitrogens with one attached hydrogen (secondary N) is 1. The van der Waals surface area contributed by atoms with Gasteiger partial charge in [-0.2, -0.15) is 0 Å². The summed E-state index contributed by atoms with van der Waals surface area (Å²) >= 11 is 3.59. The number of anilines is 2. The Bertz CT molecular complexity index is 7160. The van der Waals surface area contributed by atoms with Crippen LogP contribution in [0.25, 0.3) is 179 Å². The summed E-state index contributed by atoms with van der Waals surface area (Å²) in [5.74, 6) is 3.80. The Labute approximate surface area is 698 Å². The fourth-order valence-electron chi connectivity index (χ4n) is 16.7. The van der Waals surface area contributed by atoms with Crippen LogP contribution in [0.5, 0.6) is 0 Å². The van der Waals surface area contributed by atoms with Crippen molar-refractivity contribution in [2.75, 3.05) is 11.4 Å². The van der Waals surface area contributed by atoms with Gasteiger partial charge in [0.1, 0.15) is 0 Å². The maximum Gasteiger partial charge on any atom is 0.164 e. The molecule has 1 aliphatic rings.